The van der Waals surface area contributed by atoms with Gasteiger partial charge in [-0.05, 0) is 43.5 Å². The average molecular weight is 387 g/mol. The van der Waals surface area contributed by atoms with Crippen molar-refractivity contribution in [1.29, 1.82) is 0 Å². The molecule has 1 fully saturated rings. The predicted octanol–water partition coefficient (Wildman–Crippen LogP) is 3.51. The van der Waals surface area contributed by atoms with E-state index in [1.807, 2.05) is 13.8 Å². The van der Waals surface area contributed by atoms with Crippen LogP contribution in [0.15, 0.2) is 24.3 Å². The highest BCUT2D eigenvalue weighted by atomic mass is 19.4. The number of hydrogen-bond donors (Lipinski definition) is 1. The van der Waals surface area contributed by atoms with Crippen LogP contribution in [0.2, 0.25) is 0 Å². The Morgan fingerprint density at radius 3 is 2.26 bits per heavy atom. The lowest BCUT2D eigenvalue weighted by Crippen LogP contribution is -2.51. The van der Waals surface area contributed by atoms with E-state index in [9.17, 15) is 22.8 Å². The van der Waals surface area contributed by atoms with Gasteiger partial charge in [0.2, 0.25) is 5.91 Å². The van der Waals surface area contributed by atoms with Gasteiger partial charge >= 0.3 is 12.4 Å². The first-order valence-electron chi connectivity index (χ1n) is 8.85. The molecule has 1 aliphatic rings. The normalized spacial score (nSPS) is 16.7. The summed E-state index contributed by atoms with van der Waals surface area (Å²) in [5.41, 5.74) is 5.89. The number of carbonyl (C=O) groups excluding carboxylic acids is 2. The molecule has 0 spiro atoms. The van der Waals surface area contributed by atoms with Gasteiger partial charge in [-0.25, -0.2) is 4.79 Å². The van der Waals surface area contributed by atoms with E-state index in [0.717, 1.165) is 18.6 Å². The molecule has 1 saturated heterocycles. The number of hydrogen-bond acceptors (Lipinski definition) is 3. The number of nitrogens with zero attached hydrogens (tertiary/aromatic N) is 2. The van der Waals surface area contributed by atoms with Crippen molar-refractivity contribution in [3.63, 3.8) is 0 Å². The lowest BCUT2D eigenvalue weighted by Gasteiger charge is -2.38. The first-order valence-corrected chi connectivity index (χ1v) is 8.85. The van der Waals surface area contributed by atoms with Crippen LogP contribution in [0.4, 0.5) is 23.7 Å². The van der Waals surface area contributed by atoms with Gasteiger partial charge in [0, 0.05) is 30.7 Å². The molecule has 2 N–H and O–H groups in total. The first kappa shape index (κ1) is 20.9. The summed E-state index contributed by atoms with van der Waals surface area (Å²) >= 11 is 0. The van der Waals surface area contributed by atoms with Crippen molar-refractivity contribution < 1.29 is 27.5 Å². The fourth-order valence-corrected chi connectivity index (χ4v) is 3.16. The van der Waals surface area contributed by atoms with Crippen LogP contribution in [0.1, 0.15) is 33.1 Å². The summed E-state index contributed by atoms with van der Waals surface area (Å²) in [4.78, 5) is 27.4. The van der Waals surface area contributed by atoms with Gasteiger partial charge in [0.1, 0.15) is 5.75 Å². The molecule has 3 amide bonds. The van der Waals surface area contributed by atoms with Crippen LogP contribution in [0.3, 0.4) is 0 Å². The smallest absolute Gasteiger partial charge is 0.406 e. The molecular formula is C18H24F3N3O3. The summed E-state index contributed by atoms with van der Waals surface area (Å²) in [7, 11) is 0. The second-order valence-electron chi connectivity index (χ2n) is 6.62. The second-order valence-corrected chi connectivity index (χ2v) is 6.62. The molecule has 150 valence electrons. The third-order valence-corrected chi connectivity index (χ3v) is 4.76. The first-order chi connectivity index (χ1) is 12.6. The summed E-state index contributed by atoms with van der Waals surface area (Å²) in [5.74, 6) is -0.324. The van der Waals surface area contributed by atoms with Crippen molar-refractivity contribution in [3.8, 4) is 5.75 Å². The molecule has 0 radical (unpaired) electrons. The highest BCUT2D eigenvalue weighted by Gasteiger charge is 2.32. The summed E-state index contributed by atoms with van der Waals surface area (Å²) in [5, 5.41) is 0. The SMILES string of the molecule is CCC(C)C(=O)N1CCC(N(C(N)=O)c2ccc(OC(F)(F)F)cc2)CC1. The quantitative estimate of drug-likeness (QED) is 0.840. The molecule has 1 heterocycles. The Morgan fingerprint density at radius 2 is 1.81 bits per heavy atom. The van der Waals surface area contributed by atoms with Crippen LogP contribution in [-0.4, -0.2) is 42.3 Å². The number of halogens is 3. The molecular weight excluding hydrogens is 363 g/mol. The van der Waals surface area contributed by atoms with Gasteiger partial charge in [0.05, 0.1) is 0 Å². The van der Waals surface area contributed by atoms with Crippen LogP contribution in [0, 0.1) is 5.92 Å². The number of rotatable bonds is 5. The van der Waals surface area contributed by atoms with Crippen molar-refractivity contribution >= 4 is 17.6 Å². The van der Waals surface area contributed by atoms with Gasteiger partial charge in [-0.3, -0.25) is 9.69 Å². The van der Waals surface area contributed by atoms with Gasteiger partial charge < -0.3 is 15.4 Å². The third kappa shape index (κ3) is 5.51. The van der Waals surface area contributed by atoms with E-state index in [0.29, 0.717) is 31.6 Å². The average Bonchev–Trinajstić information content (AvgIpc) is 2.61. The number of likely N-dealkylation sites (tertiary alicyclic amines) is 1. The number of anilines is 1. The number of amides is 3. The minimum atomic E-state index is -4.78. The van der Waals surface area contributed by atoms with Crippen LogP contribution >= 0.6 is 0 Å². The van der Waals surface area contributed by atoms with E-state index in [1.165, 1.54) is 17.0 Å². The highest BCUT2D eigenvalue weighted by Crippen LogP contribution is 2.28. The standard InChI is InChI=1S/C18H24F3N3O3/c1-3-12(2)16(25)23-10-8-14(9-11-23)24(17(22)26)13-4-6-15(7-5-13)27-18(19,20)21/h4-7,12,14H,3,8-11H2,1-2H3,(H2,22,26). The Bertz CT molecular complexity index is 656. The molecule has 1 atom stereocenters. The van der Waals surface area contributed by atoms with Gasteiger partial charge in [-0.2, -0.15) is 0 Å². The van der Waals surface area contributed by atoms with Crippen LogP contribution in [0.5, 0.6) is 5.75 Å². The molecule has 1 aromatic rings. The lowest BCUT2D eigenvalue weighted by molar-refractivity contribution is -0.274. The molecule has 0 aliphatic carbocycles. The van der Waals surface area contributed by atoms with Crippen molar-refractivity contribution in [2.45, 2.75) is 45.5 Å². The topological polar surface area (TPSA) is 75.9 Å². The predicted molar refractivity (Wildman–Crippen MR) is 94.2 cm³/mol. The highest BCUT2D eigenvalue weighted by molar-refractivity contribution is 5.91. The van der Waals surface area contributed by atoms with Crippen LogP contribution in [-0.2, 0) is 4.79 Å². The lowest BCUT2D eigenvalue weighted by atomic mass is 10.00. The van der Waals surface area contributed by atoms with Crippen molar-refractivity contribution in [2.75, 3.05) is 18.0 Å². The maximum atomic E-state index is 12.3. The second kappa shape index (κ2) is 8.49. The summed E-state index contributed by atoms with van der Waals surface area (Å²) in [6.07, 6.45) is -2.92. The Balaban J connectivity index is 2.06. The number of carbonyl (C=O) groups is 2. The number of ether oxygens (including phenoxy) is 1. The van der Waals surface area contributed by atoms with Crippen molar-refractivity contribution in [2.24, 2.45) is 11.7 Å². The van der Waals surface area contributed by atoms with E-state index in [2.05, 4.69) is 4.74 Å². The summed E-state index contributed by atoms with van der Waals surface area (Å²) in [6.45, 7) is 4.85. The fraction of sp³-hybridized carbons (Fsp3) is 0.556. The van der Waals surface area contributed by atoms with Crippen molar-refractivity contribution in [1.82, 2.24) is 4.90 Å². The molecule has 0 saturated carbocycles. The Labute approximate surface area is 156 Å². The number of piperidine rings is 1. The largest absolute Gasteiger partial charge is 0.573 e. The Hall–Kier alpha value is -2.45. The number of primary amides is 1. The van der Waals surface area contributed by atoms with E-state index >= 15 is 0 Å². The molecule has 0 aromatic heterocycles. The maximum Gasteiger partial charge on any atom is 0.573 e. The number of urea groups is 1. The summed E-state index contributed by atoms with van der Waals surface area (Å²) < 4.78 is 40.6. The van der Waals surface area contributed by atoms with Crippen molar-refractivity contribution in [3.05, 3.63) is 24.3 Å². The number of alkyl halides is 3. The molecule has 9 heteroatoms. The van der Waals surface area contributed by atoms with Gasteiger partial charge in [-0.1, -0.05) is 13.8 Å². The number of benzene rings is 1. The molecule has 27 heavy (non-hydrogen) atoms. The third-order valence-electron chi connectivity index (χ3n) is 4.76. The molecule has 1 aliphatic heterocycles. The van der Waals surface area contributed by atoms with Crippen LogP contribution < -0.4 is 15.4 Å². The minimum Gasteiger partial charge on any atom is -0.406 e. The monoisotopic (exact) mass is 387 g/mol. The minimum absolute atomic E-state index is 0.0463. The molecule has 0 bridgehead atoms. The van der Waals surface area contributed by atoms with Gasteiger partial charge in [-0.15, -0.1) is 13.2 Å². The van der Waals surface area contributed by atoms with E-state index in [4.69, 9.17) is 5.73 Å². The van der Waals surface area contributed by atoms with Gasteiger partial charge in [0.15, 0.2) is 0 Å². The zero-order valence-electron chi connectivity index (χ0n) is 15.3. The molecule has 1 unspecified atom stereocenters. The molecule has 6 nitrogen and oxygen atoms in total. The zero-order chi connectivity index (χ0) is 20.2. The van der Waals surface area contributed by atoms with E-state index in [1.54, 1.807) is 4.90 Å². The van der Waals surface area contributed by atoms with Gasteiger partial charge in [0.25, 0.3) is 0 Å². The molecule has 1 aromatic carbocycles. The van der Waals surface area contributed by atoms with Crippen LogP contribution in [0.25, 0.3) is 0 Å². The van der Waals surface area contributed by atoms with E-state index in [-0.39, 0.29) is 23.6 Å². The fourth-order valence-electron chi connectivity index (χ4n) is 3.16. The Morgan fingerprint density at radius 1 is 1.26 bits per heavy atom. The number of nitrogens with two attached hydrogens (primary N) is 1. The summed E-state index contributed by atoms with van der Waals surface area (Å²) in [6, 6.07) is 4.09. The zero-order valence-corrected chi connectivity index (χ0v) is 15.3. The molecule has 2 rings (SSSR count). The Kier molecular flexibility index (Phi) is 6.56. The van der Waals surface area contributed by atoms with E-state index < -0.39 is 12.4 Å². The maximum absolute atomic E-state index is 12.3.